The second kappa shape index (κ2) is 10.3. The molecule has 0 fully saturated rings. The first kappa shape index (κ1) is 24.2. The van der Waals surface area contributed by atoms with Crippen LogP contribution >= 0.6 is 0 Å². The van der Waals surface area contributed by atoms with Crippen LogP contribution in [0.2, 0.25) is 0 Å². The summed E-state index contributed by atoms with van der Waals surface area (Å²) in [4.78, 5) is 12.0. The molecule has 166 valence electrons. The number of nitriles is 1. The summed E-state index contributed by atoms with van der Waals surface area (Å²) in [6.45, 7) is 12.0. The minimum Gasteiger partial charge on any atom is -0.451 e. The maximum atomic E-state index is 12.0. The second-order valence-electron chi connectivity index (χ2n) is 8.72. The molecule has 2 aromatic rings. The molecule has 1 unspecified atom stereocenters. The fourth-order valence-corrected chi connectivity index (χ4v) is 3.21. The lowest BCUT2D eigenvalue weighted by Gasteiger charge is -2.21. The quantitative estimate of drug-likeness (QED) is 0.242. The predicted octanol–water partition coefficient (Wildman–Crippen LogP) is 5.51. The van der Waals surface area contributed by atoms with Crippen LogP contribution < -0.4 is 0 Å². The molecule has 31 heavy (non-hydrogen) atoms. The summed E-state index contributed by atoms with van der Waals surface area (Å²) in [5, 5.41) is 14.4. The fourth-order valence-electron chi connectivity index (χ4n) is 3.21. The Balaban J connectivity index is 2.47. The van der Waals surface area contributed by atoms with Gasteiger partial charge in [-0.15, -0.1) is 0 Å². The largest absolute Gasteiger partial charge is 0.451 e. The summed E-state index contributed by atoms with van der Waals surface area (Å²) in [6, 6.07) is 12.0. The molecule has 2 rings (SSSR count). The van der Waals surface area contributed by atoms with Gasteiger partial charge in [-0.1, -0.05) is 58.4 Å². The summed E-state index contributed by atoms with van der Waals surface area (Å²) in [7, 11) is 1.79. The lowest BCUT2D eigenvalue weighted by atomic mass is 9.86. The average molecular weight is 424 g/mol. The van der Waals surface area contributed by atoms with Gasteiger partial charge in [-0.2, -0.15) is 10.4 Å². The summed E-state index contributed by atoms with van der Waals surface area (Å²) in [6.07, 6.45) is 1.17. The number of ether oxygens (including phenoxy) is 2. The summed E-state index contributed by atoms with van der Waals surface area (Å²) < 4.78 is 13.1. The monoisotopic (exact) mass is 423 g/mol. The summed E-state index contributed by atoms with van der Waals surface area (Å²) >= 11 is 0. The van der Waals surface area contributed by atoms with E-state index in [0.29, 0.717) is 23.4 Å². The van der Waals surface area contributed by atoms with E-state index in [1.54, 1.807) is 18.7 Å². The highest BCUT2D eigenvalue weighted by molar-refractivity contribution is 5.94. The number of esters is 1. The van der Waals surface area contributed by atoms with Gasteiger partial charge in [-0.3, -0.25) is 9.48 Å². The topological polar surface area (TPSA) is 77.1 Å². The first-order valence-electron chi connectivity index (χ1n) is 10.7. The number of benzene rings is 1. The standard InChI is InChI=1S/C25H33N3O3/c1-8-9-10-23(29)30-18(3)31-24(22-15-17(2)27-28(22)7)21(16-26)19-11-13-20(14-12-19)25(4,5)6/h11-15,18H,8-10H2,1-7H3/b24-21-. The van der Waals surface area contributed by atoms with Crippen molar-refractivity contribution >= 4 is 17.3 Å². The lowest BCUT2D eigenvalue weighted by Crippen LogP contribution is -2.19. The zero-order chi connectivity index (χ0) is 23.2. The van der Waals surface area contributed by atoms with Gasteiger partial charge in [0.2, 0.25) is 6.29 Å². The van der Waals surface area contributed by atoms with Crippen LogP contribution in [0.5, 0.6) is 0 Å². The summed E-state index contributed by atoms with van der Waals surface area (Å²) in [5.41, 5.74) is 3.71. The first-order valence-corrected chi connectivity index (χ1v) is 10.7. The van der Waals surface area contributed by atoms with Crippen molar-refractivity contribution in [1.82, 2.24) is 9.78 Å². The Morgan fingerprint density at radius 2 is 1.87 bits per heavy atom. The number of carbonyl (C=O) groups is 1. The van der Waals surface area contributed by atoms with Crippen molar-refractivity contribution in [1.29, 1.82) is 5.26 Å². The number of hydrogen-bond acceptors (Lipinski definition) is 5. The third kappa shape index (κ3) is 6.45. The van der Waals surface area contributed by atoms with Crippen molar-refractivity contribution in [3.05, 3.63) is 52.8 Å². The zero-order valence-corrected chi connectivity index (χ0v) is 19.7. The van der Waals surface area contributed by atoms with Gasteiger partial charge in [0.1, 0.15) is 17.3 Å². The van der Waals surface area contributed by atoms with Crippen molar-refractivity contribution in [2.75, 3.05) is 0 Å². The van der Waals surface area contributed by atoms with E-state index in [2.05, 4.69) is 31.9 Å². The van der Waals surface area contributed by atoms with Gasteiger partial charge in [-0.05, 0) is 36.0 Å². The third-order valence-electron chi connectivity index (χ3n) is 4.93. The molecular formula is C25H33N3O3. The molecule has 0 radical (unpaired) electrons. The normalized spacial score (nSPS) is 13.2. The van der Waals surface area contributed by atoms with E-state index in [4.69, 9.17) is 9.47 Å². The van der Waals surface area contributed by atoms with Crippen LogP contribution in [0.4, 0.5) is 0 Å². The van der Waals surface area contributed by atoms with Gasteiger partial charge >= 0.3 is 5.97 Å². The molecule has 0 aliphatic carbocycles. The van der Waals surface area contributed by atoms with Crippen LogP contribution in [-0.2, 0) is 26.7 Å². The second-order valence-corrected chi connectivity index (χ2v) is 8.72. The Morgan fingerprint density at radius 1 is 1.23 bits per heavy atom. The minimum absolute atomic E-state index is 0.00867. The van der Waals surface area contributed by atoms with E-state index in [1.165, 1.54) is 5.56 Å². The van der Waals surface area contributed by atoms with E-state index in [0.717, 1.165) is 24.1 Å². The van der Waals surface area contributed by atoms with Gasteiger partial charge in [0.05, 0.1) is 5.69 Å². The Hall–Kier alpha value is -3.07. The number of aromatic nitrogens is 2. The Bertz CT molecular complexity index is 973. The molecule has 0 N–H and O–H groups in total. The highest BCUT2D eigenvalue weighted by Gasteiger charge is 2.22. The molecule has 0 bridgehead atoms. The smallest absolute Gasteiger partial charge is 0.308 e. The van der Waals surface area contributed by atoms with Crippen molar-refractivity contribution in [3.63, 3.8) is 0 Å². The number of nitrogens with zero attached hydrogens (tertiary/aromatic N) is 3. The van der Waals surface area contributed by atoms with E-state index in [1.807, 2.05) is 44.2 Å². The number of allylic oxidation sites excluding steroid dienone is 1. The Morgan fingerprint density at radius 3 is 2.35 bits per heavy atom. The molecule has 0 spiro atoms. The van der Waals surface area contributed by atoms with Gasteiger partial charge in [0.25, 0.3) is 0 Å². The van der Waals surface area contributed by atoms with E-state index >= 15 is 0 Å². The van der Waals surface area contributed by atoms with E-state index in [-0.39, 0.29) is 11.4 Å². The third-order valence-corrected chi connectivity index (χ3v) is 4.93. The summed E-state index contributed by atoms with van der Waals surface area (Å²) in [5.74, 6) is 0.0211. The Kier molecular flexibility index (Phi) is 8.04. The molecule has 1 aromatic heterocycles. The highest BCUT2D eigenvalue weighted by Crippen LogP contribution is 2.31. The van der Waals surface area contributed by atoms with E-state index in [9.17, 15) is 10.1 Å². The molecule has 6 heteroatoms. The Labute approximate surface area is 185 Å². The molecule has 0 saturated heterocycles. The molecule has 1 atom stereocenters. The SMILES string of the molecule is CCCCC(=O)OC(C)O/C(=C(/C#N)c1ccc(C(C)(C)C)cc1)c1cc(C)nn1C. The number of carbonyl (C=O) groups excluding carboxylic acids is 1. The van der Waals surface area contributed by atoms with Crippen LogP contribution in [0, 0.1) is 18.3 Å². The minimum atomic E-state index is -0.841. The molecule has 0 aliphatic heterocycles. The predicted molar refractivity (Wildman–Crippen MR) is 122 cm³/mol. The first-order chi connectivity index (χ1) is 14.6. The van der Waals surface area contributed by atoms with Gasteiger partial charge < -0.3 is 9.47 Å². The van der Waals surface area contributed by atoms with Gasteiger partial charge in [0.15, 0.2) is 5.76 Å². The van der Waals surface area contributed by atoms with Gasteiger partial charge in [0, 0.05) is 20.4 Å². The molecule has 6 nitrogen and oxygen atoms in total. The number of hydrogen-bond donors (Lipinski definition) is 0. The molecule has 0 amide bonds. The molecular weight excluding hydrogens is 390 g/mol. The molecule has 0 saturated carbocycles. The maximum Gasteiger partial charge on any atom is 0.308 e. The number of aryl methyl sites for hydroxylation is 2. The van der Waals surface area contributed by atoms with Crippen LogP contribution in [0.3, 0.4) is 0 Å². The van der Waals surface area contributed by atoms with Crippen molar-refractivity contribution in [3.8, 4) is 6.07 Å². The number of unbranched alkanes of at least 4 members (excludes halogenated alkanes) is 1. The highest BCUT2D eigenvalue weighted by atomic mass is 16.7. The van der Waals surface area contributed by atoms with Crippen LogP contribution in [0.1, 0.15) is 76.4 Å². The zero-order valence-electron chi connectivity index (χ0n) is 19.7. The van der Waals surface area contributed by atoms with Gasteiger partial charge in [-0.25, -0.2) is 0 Å². The van der Waals surface area contributed by atoms with Crippen molar-refractivity contribution in [2.45, 2.75) is 72.5 Å². The molecule has 1 heterocycles. The number of rotatable bonds is 8. The molecule has 1 aromatic carbocycles. The maximum absolute atomic E-state index is 12.0. The van der Waals surface area contributed by atoms with Crippen LogP contribution in [0.25, 0.3) is 11.3 Å². The van der Waals surface area contributed by atoms with E-state index < -0.39 is 6.29 Å². The molecule has 0 aliphatic rings. The van der Waals surface area contributed by atoms with Crippen LogP contribution in [0.15, 0.2) is 30.3 Å². The van der Waals surface area contributed by atoms with Crippen molar-refractivity contribution < 1.29 is 14.3 Å². The van der Waals surface area contributed by atoms with Crippen molar-refractivity contribution in [2.24, 2.45) is 7.05 Å². The lowest BCUT2D eigenvalue weighted by molar-refractivity contribution is -0.164. The van der Waals surface area contributed by atoms with Crippen LogP contribution in [-0.4, -0.2) is 22.0 Å². The average Bonchev–Trinajstić information content (AvgIpc) is 3.03. The fraction of sp³-hybridized carbons (Fsp3) is 0.480.